The molecule has 2 atom stereocenters. The second kappa shape index (κ2) is 3.87. The maximum absolute atomic E-state index is 11.0. The molecule has 1 aliphatic rings. The third kappa shape index (κ3) is 2.19. The minimum atomic E-state index is 0.105. The fourth-order valence-electron chi connectivity index (χ4n) is 1.34. The van der Waals surface area contributed by atoms with Gasteiger partial charge in [0.15, 0.2) is 0 Å². The monoisotopic (exact) mass is 171 g/mol. The lowest BCUT2D eigenvalue weighted by Crippen LogP contribution is -2.54. The van der Waals surface area contributed by atoms with Gasteiger partial charge in [0.1, 0.15) is 0 Å². The maximum atomic E-state index is 11.0. The van der Waals surface area contributed by atoms with E-state index in [2.05, 4.69) is 17.1 Å². The molecule has 1 heterocycles. The molecule has 0 saturated carbocycles. The van der Waals surface area contributed by atoms with Crippen LogP contribution in [0.15, 0.2) is 0 Å². The van der Waals surface area contributed by atoms with E-state index in [1.165, 1.54) is 0 Å². The Morgan fingerprint density at radius 1 is 1.58 bits per heavy atom. The summed E-state index contributed by atoms with van der Waals surface area (Å²) in [6, 6.07) is 0.409. The van der Waals surface area contributed by atoms with Crippen LogP contribution in [-0.2, 0) is 4.79 Å². The Bertz CT molecular complexity index is 170. The zero-order valence-electron chi connectivity index (χ0n) is 7.71. The number of hydrogen-bond donors (Lipinski definition) is 2. The molecule has 1 saturated heterocycles. The number of nitrogens with one attached hydrogen (secondary N) is 1. The fourth-order valence-corrected chi connectivity index (χ4v) is 1.34. The minimum Gasteiger partial charge on any atom is -0.354 e. The van der Waals surface area contributed by atoms with Gasteiger partial charge in [-0.25, -0.2) is 0 Å². The maximum Gasteiger partial charge on any atom is 0.234 e. The average molecular weight is 171 g/mol. The van der Waals surface area contributed by atoms with Crippen LogP contribution in [-0.4, -0.2) is 42.5 Å². The molecule has 0 aromatic carbocycles. The van der Waals surface area contributed by atoms with Crippen molar-refractivity contribution in [2.24, 2.45) is 5.73 Å². The summed E-state index contributed by atoms with van der Waals surface area (Å²) >= 11 is 0. The first-order valence-corrected chi connectivity index (χ1v) is 4.37. The molecule has 1 amide bonds. The number of carbonyl (C=O) groups excluding carboxylic acids is 1. The van der Waals surface area contributed by atoms with E-state index in [1.807, 2.05) is 6.92 Å². The van der Waals surface area contributed by atoms with Crippen molar-refractivity contribution in [2.75, 3.05) is 19.6 Å². The molecule has 70 valence electrons. The smallest absolute Gasteiger partial charge is 0.234 e. The molecule has 1 aliphatic heterocycles. The molecule has 4 heteroatoms. The summed E-state index contributed by atoms with van der Waals surface area (Å²) in [5.74, 6) is 0.105. The van der Waals surface area contributed by atoms with E-state index in [1.54, 1.807) is 0 Å². The van der Waals surface area contributed by atoms with E-state index in [9.17, 15) is 4.79 Å². The van der Waals surface area contributed by atoms with Gasteiger partial charge < -0.3 is 11.1 Å². The Morgan fingerprint density at radius 3 is 2.75 bits per heavy atom. The van der Waals surface area contributed by atoms with E-state index in [0.717, 1.165) is 13.1 Å². The third-order valence-electron chi connectivity index (χ3n) is 2.40. The van der Waals surface area contributed by atoms with Crippen LogP contribution >= 0.6 is 0 Å². The van der Waals surface area contributed by atoms with Gasteiger partial charge in [-0.15, -0.1) is 0 Å². The SMILES string of the molecule is CC(N)C(C)N1CCNC(=O)C1. The van der Waals surface area contributed by atoms with Crippen LogP contribution in [0.25, 0.3) is 0 Å². The Morgan fingerprint density at radius 2 is 2.25 bits per heavy atom. The van der Waals surface area contributed by atoms with Crippen molar-refractivity contribution in [1.29, 1.82) is 0 Å². The second-order valence-electron chi connectivity index (χ2n) is 3.42. The Balaban J connectivity index is 2.45. The molecule has 0 radical (unpaired) electrons. The van der Waals surface area contributed by atoms with E-state index in [0.29, 0.717) is 6.54 Å². The van der Waals surface area contributed by atoms with Crippen LogP contribution in [0.4, 0.5) is 0 Å². The second-order valence-corrected chi connectivity index (χ2v) is 3.42. The van der Waals surface area contributed by atoms with Gasteiger partial charge in [-0.05, 0) is 13.8 Å². The number of piperazine rings is 1. The summed E-state index contributed by atoms with van der Waals surface area (Å²) in [4.78, 5) is 13.1. The van der Waals surface area contributed by atoms with Crippen LogP contribution in [0.3, 0.4) is 0 Å². The van der Waals surface area contributed by atoms with Crippen molar-refractivity contribution in [3.05, 3.63) is 0 Å². The molecule has 0 spiro atoms. The molecule has 0 aromatic heterocycles. The topological polar surface area (TPSA) is 58.4 Å². The number of amides is 1. The third-order valence-corrected chi connectivity index (χ3v) is 2.40. The van der Waals surface area contributed by atoms with Gasteiger partial charge in [-0.3, -0.25) is 9.69 Å². The summed E-state index contributed by atoms with van der Waals surface area (Å²) < 4.78 is 0. The molecule has 4 nitrogen and oxygen atoms in total. The molecule has 1 rings (SSSR count). The van der Waals surface area contributed by atoms with E-state index >= 15 is 0 Å². The normalized spacial score (nSPS) is 24.8. The van der Waals surface area contributed by atoms with Gasteiger partial charge in [0.05, 0.1) is 6.54 Å². The molecule has 0 aromatic rings. The molecule has 2 unspecified atom stereocenters. The quantitative estimate of drug-likeness (QED) is 0.569. The van der Waals surface area contributed by atoms with Gasteiger partial charge in [0.25, 0.3) is 0 Å². The number of hydrogen-bond acceptors (Lipinski definition) is 3. The van der Waals surface area contributed by atoms with Crippen molar-refractivity contribution in [3.63, 3.8) is 0 Å². The molecule has 0 aliphatic carbocycles. The summed E-state index contributed by atoms with van der Waals surface area (Å²) in [5.41, 5.74) is 5.74. The zero-order valence-corrected chi connectivity index (χ0v) is 7.71. The number of carbonyl (C=O) groups is 1. The van der Waals surface area contributed by atoms with Crippen LogP contribution in [0.1, 0.15) is 13.8 Å². The first kappa shape index (κ1) is 9.48. The van der Waals surface area contributed by atoms with E-state index in [4.69, 9.17) is 5.73 Å². The lowest BCUT2D eigenvalue weighted by atomic mass is 10.1. The molecule has 1 fully saturated rings. The van der Waals surface area contributed by atoms with Gasteiger partial charge >= 0.3 is 0 Å². The van der Waals surface area contributed by atoms with Crippen LogP contribution in [0.5, 0.6) is 0 Å². The Kier molecular flexibility index (Phi) is 3.05. The first-order valence-electron chi connectivity index (χ1n) is 4.37. The lowest BCUT2D eigenvalue weighted by molar-refractivity contribution is -0.124. The van der Waals surface area contributed by atoms with Crippen molar-refractivity contribution in [3.8, 4) is 0 Å². The standard InChI is InChI=1S/C8H17N3O/c1-6(9)7(2)11-4-3-10-8(12)5-11/h6-7H,3-5,9H2,1-2H3,(H,10,12). The van der Waals surface area contributed by atoms with Crippen LogP contribution < -0.4 is 11.1 Å². The Hall–Kier alpha value is -0.610. The van der Waals surface area contributed by atoms with Crippen molar-refractivity contribution in [1.82, 2.24) is 10.2 Å². The largest absolute Gasteiger partial charge is 0.354 e. The highest BCUT2D eigenvalue weighted by atomic mass is 16.2. The number of rotatable bonds is 2. The highest BCUT2D eigenvalue weighted by molar-refractivity contribution is 5.78. The van der Waals surface area contributed by atoms with Crippen molar-refractivity contribution in [2.45, 2.75) is 25.9 Å². The Labute approximate surface area is 73.1 Å². The lowest BCUT2D eigenvalue weighted by Gasteiger charge is -2.33. The highest BCUT2D eigenvalue weighted by Gasteiger charge is 2.22. The van der Waals surface area contributed by atoms with Gasteiger partial charge in [0.2, 0.25) is 5.91 Å². The van der Waals surface area contributed by atoms with Gasteiger partial charge in [-0.1, -0.05) is 0 Å². The first-order chi connectivity index (χ1) is 5.61. The summed E-state index contributed by atoms with van der Waals surface area (Å²) in [6.07, 6.45) is 0. The molecule has 12 heavy (non-hydrogen) atoms. The molecular weight excluding hydrogens is 154 g/mol. The summed E-state index contributed by atoms with van der Waals surface area (Å²) in [7, 11) is 0. The summed E-state index contributed by atoms with van der Waals surface area (Å²) in [6.45, 7) is 6.17. The van der Waals surface area contributed by atoms with Crippen molar-refractivity contribution >= 4 is 5.91 Å². The zero-order chi connectivity index (χ0) is 9.14. The predicted molar refractivity (Wildman–Crippen MR) is 47.7 cm³/mol. The molecular formula is C8H17N3O. The van der Waals surface area contributed by atoms with Crippen molar-refractivity contribution < 1.29 is 4.79 Å². The average Bonchev–Trinajstić information content (AvgIpc) is 2.03. The predicted octanol–water partition coefficient (Wildman–Crippen LogP) is -0.846. The highest BCUT2D eigenvalue weighted by Crippen LogP contribution is 2.03. The van der Waals surface area contributed by atoms with Crippen LogP contribution in [0, 0.1) is 0 Å². The van der Waals surface area contributed by atoms with Crippen LogP contribution in [0.2, 0.25) is 0 Å². The minimum absolute atomic E-state index is 0.105. The number of nitrogens with zero attached hydrogens (tertiary/aromatic N) is 1. The van der Waals surface area contributed by atoms with Gasteiger partial charge in [-0.2, -0.15) is 0 Å². The van der Waals surface area contributed by atoms with E-state index in [-0.39, 0.29) is 18.0 Å². The fraction of sp³-hybridized carbons (Fsp3) is 0.875. The number of nitrogens with two attached hydrogens (primary N) is 1. The molecule has 3 N–H and O–H groups in total. The summed E-state index contributed by atoms with van der Waals surface area (Å²) in [5, 5.41) is 2.78. The molecule has 0 bridgehead atoms. The van der Waals surface area contributed by atoms with E-state index < -0.39 is 0 Å². The van der Waals surface area contributed by atoms with Gasteiger partial charge in [0, 0.05) is 25.2 Å².